The summed E-state index contributed by atoms with van der Waals surface area (Å²) in [4.78, 5) is 11.5. The molecule has 2 heterocycles. The standard InChI is InChI=1S/C24H35N3O2/c1-8-19-14-27(16-24(7,29-19)23(4,5)6)22-25-12-20(13-26-22)28-15-21-17(2)10-9-11-18(21)3/h9-13,19H,8,14-16H2,1-7H3/t19-,24+/m1/s1. The number of benzene rings is 1. The van der Waals surface area contributed by atoms with Gasteiger partial charge in [0, 0.05) is 6.54 Å². The molecule has 1 aliphatic heterocycles. The van der Waals surface area contributed by atoms with Crippen LogP contribution in [0.3, 0.4) is 0 Å². The minimum atomic E-state index is -0.257. The Labute approximate surface area is 175 Å². The Kier molecular flexibility index (Phi) is 6.18. The second kappa shape index (κ2) is 8.31. The van der Waals surface area contributed by atoms with Gasteiger partial charge in [0.15, 0.2) is 5.75 Å². The van der Waals surface area contributed by atoms with Crippen molar-refractivity contribution in [1.82, 2.24) is 9.97 Å². The van der Waals surface area contributed by atoms with Crippen molar-refractivity contribution >= 4 is 5.95 Å². The van der Waals surface area contributed by atoms with Crippen LogP contribution in [0.2, 0.25) is 0 Å². The number of morpholine rings is 1. The maximum absolute atomic E-state index is 6.45. The number of hydrogen-bond acceptors (Lipinski definition) is 5. The Bertz CT molecular complexity index is 809. The summed E-state index contributed by atoms with van der Waals surface area (Å²) in [5.74, 6) is 1.43. The fourth-order valence-corrected chi connectivity index (χ4v) is 3.68. The van der Waals surface area contributed by atoms with Crippen LogP contribution in [0, 0.1) is 19.3 Å². The van der Waals surface area contributed by atoms with E-state index in [0.29, 0.717) is 12.4 Å². The van der Waals surface area contributed by atoms with E-state index in [1.165, 1.54) is 16.7 Å². The molecular formula is C24H35N3O2. The van der Waals surface area contributed by atoms with Crippen molar-refractivity contribution in [2.75, 3.05) is 18.0 Å². The normalized spacial score (nSPS) is 22.6. The van der Waals surface area contributed by atoms with Crippen LogP contribution in [0.1, 0.15) is 57.7 Å². The van der Waals surface area contributed by atoms with Crippen molar-refractivity contribution in [2.24, 2.45) is 5.41 Å². The van der Waals surface area contributed by atoms with Crippen molar-refractivity contribution in [2.45, 2.75) is 73.2 Å². The first kappa shape index (κ1) is 21.6. The molecule has 0 bridgehead atoms. The number of anilines is 1. The van der Waals surface area contributed by atoms with E-state index in [4.69, 9.17) is 9.47 Å². The van der Waals surface area contributed by atoms with Gasteiger partial charge in [-0.2, -0.15) is 0 Å². The molecule has 2 atom stereocenters. The highest BCUT2D eigenvalue weighted by Gasteiger charge is 2.45. The molecule has 158 valence electrons. The fourth-order valence-electron chi connectivity index (χ4n) is 3.68. The van der Waals surface area contributed by atoms with Gasteiger partial charge in [-0.05, 0) is 49.3 Å². The molecule has 1 aromatic heterocycles. The second-order valence-electron chi connectivity index (χ2n) is 9.39. The van der Waals surface area contributed by atoms with Crippen molar-refractivity contribution in [3.63, 3.8) is 0 Å². The average Bonchev–Trinajstić information content (AvgIpc) is 2.67. The lowest BCUT2D eigenvalue weighted by Gasteiger charge is -2.51. The van der Waals surface area contributed by atoms with Crippen LogP contribution in [0.25, 0.3) is 0 Å². The molecule has 2 aromatic rings. The van der Waals surface area contributed by atoms with Crippen LogP contribution in [0.4, 0.5) is 5.95 Å². The second-order valence-corrected chi connectivity index (χ2v) is 9.39. The van der Waals surface area contributed by atoms with Crippen LogP contribution in [-0.4, -0.2) is 34.8 Å². The lowest BCUT2D eigenvalue weighted by Crippen LogP contribution is -2.60. The summed E-state index contributed by atoms with van der Waals surface area (Å²) in [5.41, 5.74) is 3.46. The van der Waals surface area contributed by atoms with E-state index in [1.807, 2.05) is 0 Å². The number of rotatable bonds is 5. The molecule has 0 N–H and O–H groups in total. The predicted molar refractivity (Wildman–Crippen MR) is 118 cm³/mol. The third kappa shape index (κ3) is 4.72. The molecule has 3 rings (SSSR count). The highest BCUT2D eigenvalue weighted by atomic mass is 16.5. The minimum absolute atomic E-state index is 0.0214. The van der Waals surface area contributed by atoms with Gasteiger partial charge in [-0.25, -0.2) is 9.97 Å². The number of aromatic nitrogens is 2. The molecule has 5 heteroatoms. The Balaban J connectivity index is 1.72. The third-order valence-electron chi connectivity index (χ3n) is 6.31. The number of nitrogens with zero attached hydrogens (tertiary/aromatic N) is 3. The Hall–Kier alpha value is -2.14. The minimum Gasteiger partial charge on any atom is -0.486 e. The number of hydrogen-bond donors (Lipinski definition) is 0. The topological polar surface area (TPSA) is 47.5 Å². The smallest absolute Gasteiger partial charge is 0.225 e. The molecule has 1 fully saturated rings. The quantitative estimate of drug-likeness (QED) is 0.703. The summed E-state index contributed by atoms with van der Waals surface area (Å²) < 4.78 is 12.4. The van der Waals surface area contributed by atoms with Crippen molar-refractivity contribution in [1.29, 1.82) is 0 Å². The molecule has 29 heavy (non-hydrogen) atoms. The average molecular weight is 398 g/mol. The zero-order valence-electron chi connectivity index (χ0n) is 19.0. The van der Waals surface area contributed by atoms with E-state index in [0.717, 1.165) is 25.5 Å². The van der Waals surface area contributed by atoms with Crippen molar-refractivity contribution in [3.8, 4) is 5.75 Å². The molecule has 0 unspecified atom stereocenters. The van der Waals surface area contributed by atoms with Crippen LogP contribution in [-0.2, 0) is 11.3 Å². The van der Waals surface area contributed by atoms with Crippen LogP contribution < -0.4 is 9.64 Å². The number of ether oxygens (including phenoxy) is 2. The summed E-state index contributed by atoms with van der Waals surface area (Å²) >= 11 is 0. The van der Waals surface area contributed by atoms with E-state index < -0.39 is 0 Å². The van der Waals surface area contributed by atoms with Crippen LogP contribution >= 0.6 is 0 Å². The lowest BCUT2D eigenvalue weighted by molar-refractivity contribution is -0.151. The van der Waals surface area contributed by atoms with E-state index in [1.54, 1.807) is 12.4 Å². The van der Waals surface area contributed by atoms with Gasteiger partial charge in [-0.3, -0.25) is 0 Å². The van der Waals surface area contributed by atoms with E-state index in [2.05, 4.69) is 81.5 Å². The largest absolute Gasteiger partial charge is 0.486 e. The number of aryl methyl sites for hydroxylation is 2. The van der Waals surface area contributed by atoms with Gasteiger partial charge in [0.1, 0.15) is 6.61 Å². The molecule has 1 aromatic carbocycles. The van der Waals surface area contributed by atoms with Crippen molar-refractivity contribution < 1.29 is 9.47 Å². The highest BCUT2D eigenvalue weighted by Crippen LogP contribution is 2.39. The SMILES string of the molecule is CC[C@@H]1CN(c2ncc(OCc3c(C)cccc3C)cn2)C[C@@](C)(C(C)(C)C)O1. The monoisotopic (exact) mass is 397 g/mol. The van der Waals surface area contributed by atoms with Gasteiger partial charge in [0.25, 0.3) is 0 Å². The lowest BCUT2D eigenvalue weighted by atomic mass is 9.76. The van der Waals surface area contributed by atoms with E-state index >= 15 is 0 Å². The van der Waals surface area contributed by atoms with Crippen molar-refractivity contribution in [3.05, 3.63) is 47.3 Å². The molecule has 5 nitrogen and oxygen atoms in total. The van der Waals surface area contributed by atoms with Gasteiger partial charge in [0.2, 0.25) is 5.95 Å². The van der Waals surface area contributed by atoms with Gasteiger partial charge in [-0.1, -0.05) is 45.9 Å². The maximum Gasteiger partial charge on any atom is 0.225 e. The molecule has 0 saturated carbocycles. The summed E-state index contributed by atoms with van der Waals surface area (Å²) in [6, 6.07) is 6.30. The molecular weight excluding hydrogens is 362 g/mol. The molecule has 1 aliphatic rings. The van der Waals surface area contributed by atoms with E-state index in [-0.39, 0.29) is 17.1 Å². The van der Waals surface area contributed by atoms with Gasteiger partial charge >= 0.3 is 0 Å². The van der Waals surface area contributed by atoms with Gasteiger partial charge in [-0.15, -0.1) is 0 Å². The summed E-state index contributed by atoms with van der Waals surface area (Å²) in [6.45, 7) is 17.4. The van der Waals surface area contributed by atoms with Crippen LogP contribution in [0.5, 0.6) is 5.75 Å². The Morgan fingerprint density at radius 2 is 1.79 bits per heavy atom. The summed E-state index contributed by atoms with van der Waals surface area (Å²) in [7, 11) is 0. The first-order chi connectivity index (χ1) is 13.6. The molecule has 0 radical (unpaired) electrons. The summed E-state index contributed by atoms with van der Waals surface area (Å²) in [5, 5.41) is 0. The zero-order valence-corrected chi connectivity index (χ0v) is 19.0. The molecule has 0 amide bonds. The summed E-state index contributed by atoms with van der Waals surface area (Å²) in [6.07, 6.45) is 4.71. The molecule has 0 aliphatic carbocycles. The maximum atomic E-state index is 6.45. The predicted octanol–water partition coefficient (Wildman–Crippen LogP) is 5.09. The highest BCUT2D eigenvalue weighted by molar-refractivity contribution is 5.35. The first-order valence-electron chi connectivity index (χ1n) is 10.6. The first-order valence-corrected chi connectivity index (χ1v) is 10.6. The Morgan fingerprint density at radius 3 is 2.34 bits per heavy atom. The zero-order chi connectivity index (χ0) is 21.2. The van der Waals surface area contributed by atoms with E-state index in [9.17, 15) is 0 Å². The molecule has 0 spiro atoms. The van der Waals surface area contributed by atoms with Gasteiger partial charge < -0.3 is 14.4 Å². The van der Waals surface area contributed by atoms with Crippen LogP contribution in [0.15, 0.2) is 30.6 Å². The third-order valence-corrected chi connectivity index (χ3v) is 6.31. The fraction of sp³-hybridized carbons (Fsp3) is 0.583. The van der Waals surface area contributed by atoms with Gasteiger partial charge in [0.05, 0.1) is 30.6 Å². The Morgan fingerprint density at radius 1 is 1.17 bits per heavy atom. The molecule has 1 saturated heterocycles.